The van der Waals surface area contributed by atoms with Crippen LogP contribution in [0.5, 0.6) is 0 Å². The molecule has 0 aromatic heterocycles. The molecule has 0 radical (unpaired) electrons. The van der Waals surface area contributed by atoms with Crippen molar-refractivity contribution in [3.63, 3.8) is 0 Å². The predicted molar refractivity (Wildman–Crippen MR) is 56.8 cm³/mol. The Hall–Kier alpha value is -1.34. The predicted octanol–water partition coefficient (Wildman–Crippen LogP) is 2.75. The fraction of sp³-hybridized carbons (Fsp3) is 0.0909. The van der Waals surface area contributed by atoms with Crippen LogP contribution in [0.3, 0.4) is 0 Å². The van der Waals surface area contributed by atoms with Crippen LogP contribution in [0.4, 0.5) is 0 Å². The van der Waals surface area contributed by atoms with Crippen molar-refractivity contribution >= 4 is 0 Å². The van der Waals surface area contributed by atoms with Gasteiger partial charge < -0.3 is 5.73 Å². The van der Waals surface area contributed by atoms with Gasteiger partial charge in [-0.25, -0.2) is 0 Å². The van der Waals surface area contributed by atoms with E-state index in [9.17, 15) is 0 Å². The zero-order valence-electron chi connectivity index (χ0n) is 7.50. The summed E-state index contributed by atoms with van der Waals surface area (Å²) in [6.07, 6.45) is 0. The zero-order valence-corrected chi connectivity index (χ0v) is 7.50. The Morgan fingerprint density at radius 1 is 0.917 bits per heavy atom. The van der Waals surface area contributed by atoms with E-state index in [-0.39, 0.29) is 0 Å². The summed E-state index contributed by atoms with van der Waals surface area (Å²) in [4.78, 5) is 0. The molecule has 0 aliphatic heterocycles. The molecule has 0 unspecified atom stereocenters. The highest BCUT2D eigenvalue weighted by Gasteiger charge is 1.80. The molecule has 12 heavy (non-hydrogen) atoms. The van der Waals surface area contributed by atoms with E-state index in [1.807, 2.05) is 30.3 Å². The van der Waals surface area contributed by atoms with Gasteiger partial charge in [-0.1, -0.05) is 30.3 Å². The summed E-state index contributed by atoms with van der Waals surface area (Å²) in [7, 11) is 0. The molecule has 0 amide bonds. The fourth-order valence-corrected chi connectivity index (χ4v) is 0.614. The lowest BCUT2D eigenvalue weighted by Gasteiger charge is -1.90. The van der Waals surface area contributed by atoms with Gasteiger partial charge in [-0.2, -0.15) is 0 Å². The Labute approximate surface area is 75.2 Å². The summed E-state index contributed by atoms with van der Waals surface area (Å²) < 4.78 is 0. The van der Waals surface area contributed by atoms with E-state index in [4.69, 9.17) is 5.73 Å². The summed E-state index contributed by atoms with van der Waals surface area (Å²) in [6.45, 7) is 12.6. The smallest absolute Gasteiger partial charge is 0.0178 e. The van der Waals surface area contributed by atoms with Crippen molar-refractivity contribution in [3.05, 3.63) is 62.2 Å². The summed E-state index contributed by atoms with van der Waals surface area (Å²) in [5, 5.41) is 0. The summed E-state index contributed by atoms with van der Waals surface area (Å²) >= 11 is 0. The van der Waals surface area contributed by atoms with Crippen molar-refractivity contribution in [2.75, 3.05) is 0 Å². The normalized spacial score (nSPS) is 6.75. The standard InChI is InChI=1S/C7H9N.2C2H4/c8-6-7-4-2-1-3-5-7;2*1-2/h1-5H,6,8H2;2*1-2H2. The van der Waals surface area contributed by atoms with Gasteiger partial charge in [0, 0.05) is 6.54 Å². The van der Waals surface area contributed by atoms with E-state index in [0.29, 0.717) is 6.54 Å². The van der Waals surface area contributed by atoms with Crippen LogP contribution in [0.15, 0.2) is 56.6 Å². The van der Waals surface area contributed by atoms with E-state index in [1.165, 1.54) is 5.56 Å². The van der Waals surface area contributed by atoms with Crippen LogP contribution >= 0.6 is 0 Å². The van der Waals surface area contributed by atoms with Gasteiger partial charge in [0.25, 0.3) is 0 Å². The molecule has 0 atom stereocenters. The van der Waals surface area contributed by atoms with Crippen molar-refractivity contribution < 1.29 is 0 Å². The maximum absolute atomic E-state index is 5.35. The molecule has 0 saturated carbocycles. The number of benzene rings is 1. The molecule has 1 rings (SSSR count). The van der Waals surface area contributed by atoms with E-state index in [2.05, 4.69) is 26.3 Å². The average molecular weight is 163 g/mol. The SMILES string of the molecule is C=C.C=C.NCc1ccccc1. The van der Waals surface area contributed by atoms with Crippen LogP contribution in [0.25, 0.3) is 0 Å². The molecular weight excluding hydrogens is 146 g/mol. The second kappa shape index (κ2) is 12.3. The molecule has 0 aliphatic rings. The molecule has 0 heterocycles. The summed E-state index contributed by atoms with van der Waals surface area (Å²) in [6, 6.07) is 9.99. The molecule has 0 spiro atoms. The van der Waals surface area contributed by atoms with Gasteiger partial charge in [-0.05, 0) is 5.56 Å². The largest absolute Gasteiger partial charge is 0.326 e. The molecule has 1 nitrogen and oxygen atoms in total. The molecule has 66 valence electrons. The van der Waals surface area contributed by atoms with Crippen molar-refractivity contribution in [2.45, 2.75) is 6.54 Å². The maximum Gasteiger partial charge on any atom is 0.0178 e. The third-order valence-corrected chi connectivity index (χ3v) is 1.08. The molecule has 1 aromatic carbocycles. The van der Waals surface area contributed by atoms with Crippen LogP contribution in [0.2, 0.25) is 0 Å². The Kier molecular flexibility index (Phi) is 13.6. The van der Waals surface area contributed by atoms with E-state index >= 15 is 0 Å². The molecule has 2 N–H and O–H groups in total. The number of hydrogen-bond donors (Lipinski definition) is 1. The lowest BCUT2D eigenvalue weighted by Crippen LogP contribution is -1.94. The lowest BCUT2D eigenvalue weighted by molar-refractivity contribution is 1.07. The van der Waals surface area contributed by atoms with Crippen LogP contribution in [-0.2, 0) is 6.54 Å². The molecule has 0 fully saturated rings. The molecule has 1 aromatic rings. The first-order chi connectivity index (χ1) is 5.93. The quantitative estimate of drug-likeness (QED) is 0.633. The van der Waals surface area contributed by atoms with E-state index in [0.717, 1.165) is 0 Å². The highest BCUT2D eigenvalue weighted by Crippen LogP contribution is 1.94. The monoisotopic (exact) mass is 163 g/mol. The van der Waals surface area contributed by atoms with Gasteiger partial charge in [0.2, 0.25) is 0 Å². The third kappa shape index (κ3) is 6.78. The Morgan fingerprint density at radius 3 is 1.58 bits per heavy atom. The topological polar surface area (TPSA) is 26.0 Å². The minimum absolute atomic E-state index is 0.640. The van der Waals surface area contributed by atoms with Gasteiger partial charge in [-0.15, -0.1) is 26.3 Å². The first-order valence-corrected chi connectivity index (χ1v) is 3.67. The van der Waals surface area contributed by atoms with E-state index < -0.39 is 0 Å². The Balaban J connectivity index is 0. The molecule has 0 aliphatic carbocycles. The van der Waals surface area contributed by atoms with Gasteiger partial charge in [0.1, 0.15) is 0 Å². The van der Waals surface area contributed by atoms with Gasteiger partial charge in [-0.3, -0.25) is 0 Å². The second-order valence-corrected chi connectivity index (χ2v) is 1.69. The molecule has 0 bridgehead atoms. The van der Waals surface area contributed by atoms with Crippen LogP contribution in [0, 0.1) is 0 Å². The average Bonchev–Trinajstić information content (AvgIpc) is 2.25. The number of nitrogens with two attached hydrogens (primary N) is 1. The van der Waals surface area contributed by atoms with Gasteiger partial charge in [0.05, 0.1) is 0 Å². The van der Waals surface area contributed by atoms with E-state index in [1.54, 1.807) is 0 Å². The highest BCUT2D eigenvalue weighted by molar-refractivity contribution is 5.13. The molecule has 0 saturated heterocycles. The van der Waals surface area contributed by atoms with Crippen molar-refractivity contribution in [1.29, 1.82) is 0 Å². The molecule has 1 heteroatoms. The Bertz CT molecular complexity index is 168. The maximum atomic E-state index is 5.35. The number of rotatable bonds is 1. The van der Waals surface area contributed by atoms with Crippen molar-refractivity contribution in [2.24, 2.45) is 5.73 Å². The minimum Gasteiger partial charge on any atom is -0.326 e. The van der Waals surface area contributed by atoms with Crippen LogP contribution < -0.4 is 5.73 Å². The van der Waals surface area contributed by atoms with Crippen molar-refractivity contribution in [3.8, 4) is 0 Å². The third-order valence-electron chi connectivity index (χ3n) is 1.08. The van der Waals surface area contributed by atoms with Crippen LogP contribution in [0.1, 0.15) is 5.56 Å². The first kappa shape index (κ1) is 13.3. The zero-order chi connectivity index (χ0) is 9.82. The fourth-order valence-electron chi connectivity index (χ4n) is 0.614. The minimum atomic E-state index is 0.640. The van der Waals surface area contributed by atoms with Crippen LogP contribution in [-0.4, -0.2) is 0 Å². The summed E-state index contributed by atoms with van der Waals surface area (Å²) in [5.41, 5.74) is 6.54. The number of hydrogen-bond acceptors (Lipinski definition) is 1. The molecular formula is C11H17N. The van der Waals surface area contributed by atoms with Gasteiger partial charge >= 0.3 is 0 Å². The first-order valence-electron chi connectivity index (χ1n) is 3.67. The lowest BCUT2D eigenvalue weighted by atomic mass is 10.2. The van der Waals surface area contributed by atoms with Crippen molar-refractivity contribution in [1.82, 2.24) is 0 Å². The summed E-state index contributed by atoms with van der Waals surface area (Å²) in [5.74, 6) is 0. The Morgan fingerprint density at radius 2 is 1.33 bits per heavy atom. The van der Waals surface area contributed by atoms with Gasteiger partial charge in [0.15, 0.2) is 0 Å². The second-order valence-electron chi connectivity index (χ2n) is 1.69. The highest BCUT2D eigenvalue weighted by atomic mass is 14.5.